The second-order valence-electron chi connectivity index (χ2n) is 7.21. The molecule has 144 valence electrons. The second-order valence-corrected chi connectivity index (χ2v) is 8.15. The van der Waals surface area contributed by atoms with Crippen LogP contribution in [0.3, 0.4) is 0 Å². The summed E-state index contributed by atoms with van der Waals surface area (Å²) in [6, 6.07) is 3.75. The number of carbonyl (C=O) groups is 2. The van der Waals surface area contributed by atoms with Crippen LogP contribution in [0.2, 0.25) is 0 Å². The van der Waals surface area contributed by atoms with Crippen LogP contribution in [0.5, 0.6) is 0 Å². The predicted molar refractivity (Wildman–Crippen MR) is 107 cm³/mol. The number of likely N-dealkylation sites (tertiary alicyclic amines) is 1. The van der Waals surface area contributed by atoms with E-state index >= 15 is 0 Å². The predicted octanol–water partition coefficient (Wildman–Crippen LogP) is 2.37. The van der Waals surface area contributed by atoms with Crippen LogP contribution in [-0.2, 0) is 0 Å². The molecule has 2 aromatic heterocycles. The summed E-state index contributed by atoms with van der Waals surface area (Å²) >= 11 is 1.45. The van der Waals surface area contributed by atoms with Gasteiger partial charge >= 0.3 is 0 Å². The first-order valence-corrected chi connectivity index (χ1v) is 9.92. The molecule has 0 radical (unpaired) electrons. The van der Waals surface area contributed by atoms with Crippen molar-refractivity contribution in [2.24, 2.45) is 0 Å². The lowest BCUT2D eigenvalue weighted by molar-refractivity contribution is 0.0795. The maximum atomic E-state index is 12.6. The third kappa shape index (κ3) is 4.27. The van der Waals surface area contributed by atoms with Gasteiger partial charge < -0.3 is 15.1 Å². The summed E-state index contributed by atoms with van der Waals surface area (Å²) in [6.07, 6.45) is 2.38. The zero-order valence-corrected chi connectivity index (χ0v) is 16.9. The van der Waals surface area contributed by atoms with Crippen LogP contribution in [0, 0.1) is 0 Å². The Morgan fingerprint density at radius 3 is 2.78 bits per heavy atom. The Kier molecular flexibility index (Phi) is 5.74. The van der Waals surface area contributed by atoms with Gasteiger partial charge in [-0.15, -0.1) is 11.3 Å². The Morgan fingerprint density at radius 1 is 1.37 bits per heavy atom. The van der Waals surface area contributed by atoms with Crippen LogP contribution in [0.4, 0.5) is 5.95 Å². The number of nitrogens with zero attached hydrogens (tertiary/aromatic N) is 4. The van der Waals surface area contributed by atoms with Gasteiger partial charge in [0.1, 0.15) is 0 Å². The normalized spacial score (nSPS) is 16.6. The fourth-order valence-corrected chi connectivity index (χ4v) is 3.84. The molecule has 8 heteroatoms. The molecule has 1 atom stereocenters. The van der Waals surface area contributed by atoms with Crippen LogP contribution in [0.25, 0.3) is 0 Å². The average Bonchev–Trinajstić information content (AvgIpc) is 3.32. The quantitative estimate of drug-likeness (QED) is 0.852. The van der Waals surface area contributed by atoms with E-state index in [4.69, 9.17) is 0 Å². The molecule has 2 amide bonds. The minimum absolute atomic E-state index is 0.0172. The Morgan fingerprint density at radius 2 is 2.15 bits per heavy atom. The zero-order chi connectivity index (χ0) is 19.6. The van der Waals surface area contributed by atoms with E-state index in [2.05, 4.69) is 15.3 Å². The largest absolute Gasteiger partial charge is 0.350 e. The molecule has 1 N–H and O–H groups in total. The molecule has 1 aliphatic rings. The smallest absolute Gasteiger partial charge is 0.263 e. The molecular weight excluding hydrogens is 362 g/mol. The molecule has 0 saturated carbocycles. The van der Waals surface area contributed by atoms with Crippen molar-refractivity contribution >= 4 is 29.1 Å². The highest BCUT2D eigenvalue weighted by molar-refractivity contribution is 7.12. The molecule has 1 unspecified atom stereocenters. The van der Waals surface area contributed by atoms with Crippen molar-refractivity contribution in [1.29, 1.82) is 0 Å². The van der Waals surface area contributed by atoms with Crippen molar-refractivity contribution in [1.82, 2.24) is 20.2 Å². The molecule has 3 rings (SSSR count). The van der Waals surface area contributed by atoms with E-state index in [0.29, 0.717) is 30.3 Å². The van der Waals surface area contributed by atoms with E-state index in [9.17, 15) is 9.59 Å². The first-order valence-electron chi connectivity index (χ1n) is 9.04. The Hall–Kier alpha value is -2.48. The summed E-state index contributed by atoms with van der Waals surface area (Å²) in [7, 11) is 3.74. The van der Waals surface area contributed by atoms with Crippen molar-refractivity contribution in [3.05, 3.63) is 39.8 Å². The van der Waals surface area contributed by atoms with Crippen molar-refractivity contribution in [3.8, 4) is 0 Å². The Bertz CT molecular complexity index is 820. The van der Waals surface area contributed by atoms with Crippen LogP contribution < -0.4 is 10.2 Å². The Labute approximate surface area is 163 Å². The number of rotatable bonds is 5. The molecule has 0 aromatic carbocycles. The molecular formula is C19H25N5O2S. The number of hydrogen-bond acceptors (Lipinski definition) is 6. The van der Waals surface area contributed by atoms with Crippen LogP contribution >= 0.6 is 11.3 Å². The summed E-state index contributed by atoms with van der Waals surface area (Å²) in [5.41, 5.74) is 1.21. The van der Waals surface area contributed by atoms with Crippen LogP contribution in [-0.4, -0.2) is 59.9 Å². The zero-order valence-electron chi connectivity index (χ0n) is 16.1. The standard InChI is InChI=1S/C19H25N5O2S/c1-12(2)21-17(25)14-10-20-19(23(3)4)22-16(14)13-7-8-24(11-13)18(26)15-6-5-9-27-15/h5-6,9-10,12-13H,7-8,11H2,1-4H3,(H,21,25). The lowest BCUT2D eigenvalue weighted by Gasteiger charge is -2.19. The highest BCUT2D eigenvalue weighted by Crippen LogP contribution is 2.30. The van der Waals surface area contributed by atoms with Gasteiger partial charge in [-0.05, 0) is 31.7 Å². The lowest BCUT2D eigenvalue weighted by atomic mass is 9.99. The number of carbonyl (C=O) groups excluding carboxylic acids is 2. The molecule has 0 bridgehead atoms. The minimum Gasteiger partial charge on any atom is -0.350 e. The summed E-state index contributed by atoms with van der Waals surface area (Å²) in [5, 5.41) is 4.82. The highest BCUT2D eigenvalue weighted by atomic mass is 32.1. The molecule has 1 saturated heterocycles. The van der Waals surface area contributed by atoms with Gasteiger partial charge in [0.05, 0.1) is 16.1 Å². The van der Waals surface area contributed by atoms with Crippen LogP contribution in [0.1, 0.15) is 51.9 Å². The molecule has 1 fully saturated rings. The van der Waals surface area contributed by atoms with Gasteiger partial charge in [0.2, 0.25) is 5.95 Å². The van der Waals surface area contributed by atoms with E-state index in [1.54, 1.807) is 6.20 Å². The van der Waals surface area contributed by atoms with Gasteiger partial charge in [0.15, 0.2) is 0 Å². The molecule has 3 heterocycles. The van der Waals surface area contributed by atoms with E-state index in [1.165, 1.54) is 11.3 Å². The van der Waals surface area contributed by atoms with E-state index in [1.807, 2.05) is 55.3 Å². The van der Waals surface area contributed by atoms with Gasteiger partial charge in [-0.2, -0.15) is 0 Å². The molecule has 27 heavy (non-hydrogen) atoms. The SMILES string of the molecule is CC(C)NC(=O)c1cnc(N(C)C)nc1C1CCN(C(=O)c2cccs2)C1. The van der Waals surface area contributed by atoms with E-state index < -0.39 is 0 Å². The first kappa shape index (κ1) is 19.3. The maximum Gasteiger partial charge on any atom is 0.263 e. The minimum atomic E-state index is -0.173. The number of nitrogens with one attached hydrogen (secondary N) is 1. The number of amides is 2. The van der Waals surface area contributed by atoms with Gasteiger partial charge in [0.25, 0.3) is 11.8 Å². The fraction of sp³-hybridized carbons (Fsp3) is 0.474. The third-order valence-corrected chi connectivity index (χ3v) is 5.32. The monoisotopic (exact) mass is 387 g/mol. The summed E-state index contributed by atoms with van der Waals surface area (Å²) in [4.78, 5) is 38.6. The van der Waals surface area contributed by atoms with Crippen molar-refractivity contribution in [2.75, 3.05) is 32.1 Å². The second kappa shape index (κ2) is 8.04. The third-order valence-electron chi connectivity index (χ3n) is 4.46. The molecule has 7 nitrogen and oxygen atoms in total. The number of hydrogen-bond donors (Lipinski definition) is 1. The van der Waals surface area contributed by atoms with E-state index in [0.717, 1.165) is 11.3 Å². The summed E-state index contributed by atoms with van der Waals surface area (Å²) in [5.74, 6) is 0.452. The highest BCUT2D eigenvalue weighted by Gasteiger charge is 2.32. The summed E-state index contributed by atoms with van der Waals surface area (Å²) < 4.78 is 0. The summed E-state index contributed by atoms with van der Waals surface area (Å²) in [6.45, 7) is 5.06. The van der Waals surface area contributed by atoms with Gasteiger partial charge in [0, 0.05) is 45.3 Å². The number of thiophene rings is 1. The fourth-order valence-electron chi connectivity index (χ4n) is 3.15. The van der Waals surface area contributed by atoms with E-state index in [-0.39, 0.29) is 23.8 Å². The van der Waals surface area contributed by atoms with Gasteiger partial charge in [-0.1, -0.05) is 6.07 Å². The molecule has 0 spiro atoms. The Balaban J connectivity index is 1.87. The van der Waals surface area contributed by atoms with Crippen LogP contribution in [0.15, 0.2) is 23.7 Å². The van der Waals surface area contributed by atoms with Crippen molar-refractivity contribution in [3.63, 3.8) is 0 Å². The molecule has 1 aliphatic heterocycles. The molecule has 2 aromatic rings. The lowest BCUT2D eigenvalue weighted by Crippen LogP contribution is -2.32. The first-order chi connectivity index (χ1) is 12.9. The van der Waals surface area contributed by atoms with Crippen molar-refractivity contribution < 1.29 is 9.59 Å². The van der Waals surface area contributed by atoms with Gasteiger partial charge in [-0.3, -0.25) is 9.59 Å². The van der Waals surface area contributed by atoms with Gasteiger partial charge in [-0.25, -0.2) is 9.97 Å². The molecule has 0 aliphatic carbocycles. The topological polar surface area (TPSA) is 78.4 Å². The van der Waals surface area contributed by atoms with Crippen molar-refractivity contribution in [2.45, 2.75) is 32.2 Å². The maximum absolute atomic E-state index is 12.6. The number of aromatic nitrogens is 2. The number of anilines is 1. The average molecular weight is 388 g/mol.